The monoisotopic (exact) mass is 331 g/mol. The summed E-state index contributed by atoms with van der Waals surface area (Å²) >= 11 is 1.26. The second kappa shape index (κ2) is 5.51. The summed E-state index contributed by atoms with van der Waals surface area (Å²) in [6.45, 7) is 0. The number of methoxy groups -OCH3 is 2. The number of carbonyl (C=O) groups is 2. The zero-order chi connectivity index (χ0) is 16.6. The first kappa shape index (κ1) is 15.2. The molecule has 2 aromatic rings. The van der Waals surface area contributed by atoms with E-state index in [0.29, 0.717) is 9.62 Å². The number of ether oxygens (including phenoxy) is 2. The summed E-state index contributed by atoms with van der Waals surface area (Å²) in [5.41, 5.74) is -1.43. The van der Waals surface area contributed by atoms with Crippen LogP contribution in [0.2, 0.25) is 0 Å². The van der Waals surface area contributed by atoms with Crippen LogP contribution in [0.1, 0.15) is 10.4 Å². The van der Waals surface area contributed by atoms with Gasteiger partial charge in [0.1, 0.15) is 0 Å². The van der Waals surface area contributed by atoms with Crippen molar-refractivity contribution in [2.75, 3.05) is 14.2 Å². The number of esters is 2. The fourth-order valence-electron chi connectivity index (χ4n) is 2.87. The minimum atomic E-state index is -1.92. The molecule has 0 N–H and O–H groups in total. The number of para-hydroxylation sites is 1. The number of fused-ring (bicyclic) bond motifs is 1. The summed E-state index contributed by atoms with van der Waals surface area (Å²) in [7, 11) is 2.35. The van der Waals surface area contributed by atoms with Gasteiger partial charge in [0.2, 0.25) is 11.4 Å². The van der Waals surface area contributed by atoms with Gasteiger partial charge >= 0.3 is 11.9 Å². The van der Waals surface area contributed by atoms with E-state index < -0.39 is 17.4 Å². The Morgan fingerprint density at radius 3 is 2.30 bits per heavy atom. The van der Waals surface area contributed by atoms with Crippen LogP contribution in [0, 0.1) is 5.21 Å². The molecule has 7 heteroatoms. The van der Waals surface area contributed by atoms with Crippen molar-refractivity contribution in [1.29, 1.82) is 0 Å². The standard InChI is InChI=1S/C16H13NO5S/c1-21-14(18)16(15(19)22-2)10-6-3-4-7-11(10)17(20)13(16)12-8-5-9-23-12/h3-9H,1-2H3. The summed E-state index contributed by atoms with van der Waals surface area (Å²) in [4.78, 5) is 25.8. The molecule has 1 aromatic carbocycles. The molecule has 0 aliphatic carbocycles. The number of hydrogen-bond donors (Lipinski definition) is 0. The molecule has 0 bridgehead atoms. The molecule has 0 atom stereocenters. The predicted octanol–water partition coefficient (Wildman–Crippen LogP) is 1.98. The first-order chi connectivity index (χ1) is 11.1. The number of benzene rings is 1. The first-order valence-corrected chi connectivity index (χ1v) is 7.61. The van der Waals surface area contributed by atoms with Crippen LogP contribution in [-0.2, 0) is 24.5 Å². The highest BCUT2D eigenvalue weighted by Gasteiger charge is 2.65. The Balaban J connectivity index is 2.42. The summed E-state index contributed by atoms with van der Waals surface area (Å²) in [5.74, 6) is -1.70. The number of hydrogen-bond acceptors (Lipinski definition) is 6. The van der Waals surface area contributed by atoms with Crippen molar-refractivity contribution in [2.24, 2.45) is 0 Å². The van der Waals surface area contributed by atoms with Gasteiger partial charge in [-0.1, -0.05) is 18.2 Å². The molecule has 1 aliphatic heterocycles. The van der Waals surface area contributed by atoms with Gasteiger partial charge in [-0.2, -0.15) is 4.74 Å². The summed E-state index contributed by atoms with van der Waals surface area (Å²) < 4.78 is 10.4. The highest BCUT2D eigenvalue weighted by Crippen LogP contribution is 2.44. The van der Waals surface area contributed by atoms with Gasteiger partial charge < -0.3 is 14.7 Å². The van der Waals surface area contributed by atoms with Crippen LogP contribution in [0.3, 0.4) is 0 Å². The first-order valence-electron chi connectivity index (χ1n) is 6.74. The van der Waals surface area contributed by atoms with Crippen molar-refractivity contribution < 1.29 is 23.8 Å². The number of carbonyl (C=O) groups excluding carboxylic acids is 2. The quantitative estimate of drug-likeness (QED) is 0.372. The Labute approximate surface area is 136 Å². The molecule has 6 nitrogen and oxygen atoms in total. The van der Waals surface area contributed by atoms with Crippen LogP contribution >= 0.6 is 11.3 Å². The van der Waals surface area contributed by atoms with E-state index in [1.54, 1.807) is 41.8 Å². The second-order valence-electron chi connectivity index (χ2n) is 4.87. The van der Waals surface area contributed by atoms with E-state index in [1.165, 1.54) is 25.6 Å². The third-order valence-electron chi connectivity index (χ3n) is 3.82. The molecule has 1 aromatic heterocycles. The minimum absolute atomic E-state index is 0.00685. The Morgan fingerprint density at radius 1 is 1.09 bits per heavy atom. The smallest absolute Gasteiger partial charge is 0.339 e. The number of rotatable bonds is 3. The average Bonchev–Trinajstić information content (AvgIpc) is 3.19. The zero-order valence-corrected chi connectivity index (χ0v) is 13.3. The van der Waals surface area contributed by atoms with Crippen LogP contribution in [0.5, 0.6) is 0 Å². The molecule has 0 radical (unpaired) electrons. The Kier molecular flexibility index (Phi) is 3.65. The Hall–Kier alpha value is -2.67. The third kappa shape index (κ3) is 1.90. The lowest BCUT2D eigenvalue weighted by Crippen LogP contribution is -2.51. The highest BCUT2D eigenvalue weighted by molar-refractivity contribution is 7.12. The lowest BCUT2D eigenvalue weighted by molar-refractivity contribution is -0.357. The van der Waals surface area contributed by atoms with Crippen LogP contribution in [0.4, 0.5) is 5.69 Å². The fourth-order valence-corrected chi connectivity index (χ4v) is 3.68. The summed E-state index contributed by atoms with van der Waals surface area (Å²) in [6, 6.07) is 9.86. The highest BCUT2D eigenvalue weighted by atomic mass is 32.1. The SMILES string of the molecule is COC(=O)C1(C(=O)OC)C(c2cccs2)=[N+]([O-])c2ccccc21. The summed E-state index contributed by atoms with van der Waals surface area (Å²) in [6.07, 6.45) is 0. The molecular formula is C16H13NO5S. The summed E-state index contributed by atoms with van der Waals surface area (Å²) in [5, 5.41) is 14.6. The van der Waals surface area contributed by atoms with Crippen molar-refractivity contribution in [2.45, 2.75) is 5.41 Å². The van der Waals surface area contributed by atoms with Crippen molar-refractivity contribution >= 4 is 34.7 Å². The maximum Gasteiger partial charge on any atom is 0.339 e. The van der Waals surface area contributed by atoms with E-state index in [2.05, 4.69) is 0 Å². The van der Waals surface area contributed by atoms with Gasteiger partial charge in [0.25, 0.3) is 5.41 Å². The Morgan fingerprint density at radius 2 is 1.74 bits per heavy atom. The van der Waals surface area contributed by atoms with Crippen molar-refractivity contribution in [3.05, 3.63) is 57.4 Å². The molecule has 0 unspecified atom stereocenters. The van der Waals surface area contributed by atoms with E-state index in [9.17, 15) is 14.8 Å². The van der Waals surface area contributed by atoms with Gasteiger partial charge in [0, 0.05) is 6.07 Å². The van der Waals surface area contributed by atoms with Crippen LogP contribution < -0.4 is 0 Å². The maximum absolute atomic E-state index is 12.8. The fraction of sp³-hybridized carbons (Fsp3) is 0.188. The van der Waals surface area contributed by atoms with Crippen molar-refractivity contribution in [1.82, 2.24) is 0 Å². The molecule has 0 fully saturated rings. The average molecular weight is 331 g/mol. The molecule has 2 heterocycles. The van der Waals surface area contributed by atoms with Crippen LogP contribution in [-0.4, -0.2) is 36.6 Å². The van der Waals surface area contributed by atoms with Gasteiger partial charge in [-0.15, -0.1) is 11.3 Å². The van der Waals surface area contributed by atoms with E-state index >= 15 is 0 Å². The van der Waals surface area contributed by atoms with Crippen molar-refractivity contribution in [3.8, 4) is 0 Å². The molecule has 0 spiro atoms. The second-order valence-corrected chi connectivity index (χ2v) is 5.82. The van der Waals surface area contributed by atoms with Gasteiger partial charge in [0.05, 0.1) is 24.7 Å². The molecule has 23 heavy (non-hydrogen) atoms. The number of nitrogens with zero attached hydrogens (tertiary/aromatic N) is 1. The lowest BCUT2D eigenvalue weighted by Gasteiger charge is -2.22. The Bertz CT molecular complexity index is 794. The molecule has 0 amide bonds. The van der Waals surface area contributed by atoms with E-state index in [0.717, 1.165) is 0 Å². The maximum atomic E-state index is 12.8. The predicted molar refractivity (Wildman–Crippen MR) is 83.9 cm³/mol. The van der Waals surface area contributed by atoms with E-state index in [1.807, 2.05) is 0 Å². The van der Waals surface area contributed by atoms with Crippen LogP contribution in [0.25, 0.3) is 0 Å². The van der Waals surface area contributed by atoms with E-state index in [-0.39, 0.29) is 17.0 Å². The minimum Gasteiger partial charge on any atom is -0.618 e. The van der Waals surface area contributed by atoms with Crippen molar-refractivity contribution in [3.63, 3.8) is 0 Å². The molecule has 0 saturated heterocycles. The molecule has 0 saturated carbocycles. The van der Waals surface area contributed by atoms with Crippen LogP contribution in [0.15, 0.2) is 41.8 Å². The molecule has 1 aliphatic rings. The number of thiophene rings is 1. The molecule has 118 valence electrons. The van der Waals surface area contributed by atoms with Gasteiger partial charge in [0.15, 0.2) is 0 Å². The van der Waals surface area contributed by atoms with Gasteiger partial charge in [-0.05, 0) is 17.5 Å². The van der Waals surface area contributed by atoms with E-state index in [4.69, 9.17) is 9.47 Å². The topological polar surface area (TPSA) is 78.7 Å². The van der Waals surface area contributed by atoms with Gasteiger partial charge in [-0.3, -0.25) is 0 Å². The molecule has 3 rings (SSSR count). The lowest BCUT2D eigenvalue weighted by atomic mass is 9.77. The largest absolute Gasteiger partial charge is 0.618 e. The van der Waals surface area contributed by atoms with Gasteiger partial charge in [-0.25, -0.2) is 9.59 Å². The normalized spacial score (nSPS) is 15.2. The molecular weight excluding hydrogens is 318 g/mol. The zero-order valence-electron chi connectivity index (χ0n) is 12.4. The third-order valence-corrected chi connectivity index (χ3v) is 4.70.